The van der Waals surface area contributed by atoms with Crippen LogP contribution in [0.15, 0.2) is 36.5 Å². The molecule has 2 fully saturated rings. The number of hydrogen-bond acceptors (Lipinski definition) is 5. The second-order valence-corrected chi connectivity index (χ2v) is 8.45. The molecule has 2 saturated heterocycles. The first-order chi connectivity index (χ1) is 16.2. The van der Waals surface area contributed by atoms with Gasteiger partial charge in [-0.25, -0.2) is 4.39 Å². The van der Waals surface area contributed by atoms with Crippen molar-refractivity contribution < 1.29 is 65.4 Å². The number of nitrogens with zero attached hydrogens (tertiary/aromatic N) is 1. The Morgan fingerprint density at radius 3 is 2.11 bits per heavy atom. The Hall–Kier alpha value is -0.814. The van der Waals surface area contributed by atoms with Crippen LogP contribution >= 0.6 is 0 Å². The van der Waals surface area contributed by atoms with Crippen molar-refractivity contribution in [2.24, 2.45) is 11.5 Å². The van der Waals surface area contributed by atoms with Gasteiger partial charge in [-0.2, -0.15) is 0 Å². The summed E-state index contributed by atoms with van der Waals surface area (Å²) in [5.41, 5.74) is 12.1. The predicted octanol–water partition coefficient (Wildman–Crippen LogP) is 0.678. The molecule has 0 saturated carbocycles. The van der Waals surface area contributed by atoms with Crippen LogP contribution in [0.2, 0.25) is 0 Å². The Bertz CT molecular complexity index is 690. The van der Waals surface area contributed by atoms with E-state index >= 15 is 0 Å². The third-order valence-electron chi connectivity index (χ3n) is 5.31. The van der Waals surface area contributed by atoms with Crippen molar-refractivity contribution in [1.29, 1.82) is 0 Å². The molecule has 9 heteroatoms. The van der Waals surface area contributed by atoms with E-state index in [1.165, 1.54) is 12.1 Å². The molecule has 36 heavy (non-hydrogen) atoms. The molecule has 3 rings (SSSR count). The summed E-state index contributed by atoms with van der Waals surface area (Å²) in [6.07, 6.45) is 6.83. The minimum atomic E-state index is -0.250. The number of amides is 2. The molecule has 2 aliphatic rings. The summed E-state index contributed by atoms with van der Waals surface area (Å²) in [6, 6.07) is 6.08. The monoisotopic (exact) mass is 533 g/mol. The molecule has 2 unspecified atom stereocenters. The Kier molecular flexibility index (Phi) is 27.0. The summed E-state index contributed by atoms with van der Waals surface area (Å²) >= 11 is 0. The van der Waals surface area contributed by atoms with Gasteiger partial charge in [-0.15, -0.1) is 0 Å². The molecule has 7 nitrogen and oxygen atoms in total. The molecule has 0 aliphatic carbocycles. The van der Waals surface area contributed by atoms with E-state index in [4.69, 9.17) is 11.5 Å². The van der Waals surface area contributed by atoms with E-state index in [0.29, 0.717) is 0 Å². The fourth-order valence-corrected chi connectivity index (χ4v) is 3.42. The number of halogens is 1. The molecular weight excluding hydrogens is 484 g/mol. The van der Waals surface area contributed by atoms with Gasteiger partial charge in [-0.3, -0.25) is 9.59 Å². The fraction of sp³-hybridized carbons (Fsp3) is 0.593. The zero-order valence-electron chi connectivity index (χ0n) is 23.5. The number of allylic oxidation sites excluding steroid dienone is 1. The molecule has 2 aliphatic heterocycles. The number of likely N-dealkylation sites (N-methyl/N-ethyl adjacent to an activating group) is 1. The molecular formula is C27H49FKN5O2. The van der Waals surface area contributed by atoms with E-state index in [-0.39, 0.29) is 88.5 Å². The zero-order valence-corrected chi connectivity index (χ0v) is 26.7. The van der Waals surface area contributed by atoms with Crippen LogP contribution in [0.4, 0.5) is 4.39 Å². The molecule has 6 N–H and O–H groups in total. The number of carbonyl (C=O) groups excluding carboxylic acids is 2. The summed E-state index contributed by atoms with van der Waals surface area (Å²) < 4.78 is 12.1. The number of aryl methyl sites for hydroxylation is 1. The molecule has 1 aromatic rings. The Morgan fingerprint density at radius 2 is 1.75 bits per heavy atom. The smallest absolute Gasteiger partial charge is 0.403 e. The Labute approximate surface area is 261 Å². The second-order valence-electron chi connectivity index (χ2n) is 8.45. The van der Waals surface area contributed by atoms with Crippen molar-refractivity contribution in [3.63, 3.8) is 0 Å². The van der Waals surface area contributed by atoms with E-state index < -0.39 is 0 Å². The van der Waals surface area contributed by atoms with Gasteiger partial charge in [-0.05, 0) is 70.7 Å². The first kappa shape index (κ1) is 39.7. The van der Waals surface area contributed by atoms with Crippen LogP contribution in [0, 0.1) is 20.2 Å². The molecule has 2 atom stereocenters. The number of carbonyl (C=O) groups is 2. The molecule has 2 heterocycles. The molecule has 0 aromatic heterocycles. The van der Waals surface area contributed by atoms with E-state index in [0.717, 1.165) is 75.8 Å². The summed E-state index contributed by atoms with van der Waals surface area (Å²) in [7, 11) is 1.62. The largest absolute Gasteiger partial charge is 1.00 e. The van der Waals surface area contributed by atoms with Gasteiger partial charge >= 0.3 is 51.4 Å². The van der Waals surface area contributed by atoms with Gasteiger partial charge in [0.2, 0.25) is 11.8 Å². The number of likely N-dealkylation sites (tertiary alicyclic amines) is 1. The van der Waals surface area contributed by atoms with Gasteiger partial charge in [0.15, 0.2) is 0 Å². The normalized spacial score (nSPS) is 17.3. The number of nitrogens with two attached hydrogens (primary N) is 2. The van der Waals surface area contributed by atoms with Crippen LogP contribution in [-0.4, -0.2) is 55.5 Å². The van der Waals surface area contributed by atoms with Gasteiger partial charge in [0.25, 0.3) is 0 Å². The minimum Gasteiger partial charge on any atom is -0.403 e. The van der Waals surface area contributed by atoms with Crippen LogP contribution in [0.25, 0.3) is 0 Å². The first-order valence-electron chi connectivity index (χ1n) is 12.3. The molecule has 0 bridgehead atoms. The Balaban J connectivity index is -0.000000461. The molecule has 1 aromatic carbocycles. The second kappa shape index (κ2) is 24.5. The summed E-state index contributed by atoms with van der Waals surface area (Å²) in [6.45, 7) is 12.0. The predicted molar refractivity (Wildman–Crippen MR) is 145 cm³/mol. The van der Waals surface area contributed by atoms with Gasteiger partial charge in [0.1, 0.15) is 11.9 Å². The van der Waals surface area contributed by atoms with Gasteiger partial charge in [0.05, 0.1) is 6.04 Å². The standard InChI is InChI=1S/C11H19N3O2.C7H7F.C5H11N.C3H9N.CH3.K/c1-12-10(15)9-5-3-7-14(9)11(16)8-4-2-6-13-8;1-6-2-4-7(8)5-3-6;1-3-4-5(2)6;1-2-3-4;;/h8-9,13H,2-7H2,1H3,(H,12,15);2-5H,1H3;2-4,6H2,1H3;2-4H2,1H3;1H3;/q;;;;-1;+1. The van der Waals surface area contributed by atoms with Crippen LogP contribution in [0.5, 0.6) is 0 Å². The maximum Gasteiger partial charge on any atom is 1.00 e. The zero-order chi connectivity index (χ0) is 25.9. The van der Waals surface area contributed by atoms with Crippen molar-refractivity contribution in [3.05, 3.63) is 55.3 Å². The first-order valence-corrected chi connectivity index (χ1v) is 12.3. The maximum absolute atomic E-state index is 12.2. The summed E-state index contributed by atoms with van der Waals surface area (Å²) in [4.78, 5) is 25.5. The number of benzene rings is 1. The van der Waals surface area contributed by atoms with Crippen LogP contribution < -0.4 is 73.5 Å². The molecule has 202 valence electrons. The van der Waals surface area contributed by atoms with Crippen LogP contribution in [-0.2, 0) is 9.59 Å². The van der Waals surface area contributed by atoms with Crippen molar-refractivity contribution in [3.8, 4) is 0 Å². The van der Waals surface area contributed by atoms with E-state index in [9.17, 15) is 14.0 Å². The van der Waals surface area contributed by atoms with Gasteiger partial charge in [-0.1, -0.05) is 44.5 Å². The summed E-state index contributed by atoms with van der Waals surface area (Å²) in [5, 5.41) is 5.82. The maximum atomic E-state index is 12.2. The SMILES string of the molecule is C=C(N)CCC.CCCN.CNC(=O)C1CCCN1C(=O)C1CCCN1.Cc1ccc(F)cc1.[CH3-].[K+]. The third-order valence-corrected chi connectivity index (χ3v) is 5.31. The van der Waals surface area contributed by atoms with Gasteiger partial charge < -0.3 is 34.4 Å². The van der Waals surface area contributed by atoms with E-state index in [1.807, 2.05) is 6.92 Å². The average Bonchev–Trinajstić information content (AvgIpc) is 3.53. The topological polar surface area (TPSA) is 113 Å². The Morgan fingerprint density at radius 1 is 1.17 bits per heavy atom. The van der Waals surface area contributed by atoms with Crippen molar-refractivity contribution in [2.75, 3.05) is 26.7 Å². The average molecular weight is 534 g/mol. The summed E-state index contributed by atoms with van der Waals surface area (Å²) in [5.74, 6) is -0.108. The quantitative estimate of drug-likeness (QED) is 0.328. The van der Waals surface area contributed by atoms with E-state index in [1.54, 1.807) is 24.1 Å². The van der Waals surface area contributed by atoms with Crippen LogP contribution in [0.3, 0.4) is 0 Å². The number of nitrogens with one attached hydrogen (secondary N) is 2. The molecule has 0 spiro atoms. The molecule has 0 radical (unpaired) electrons. The van der Waals surface area contributed by atoms with Crippen molar-refractivity contribution >= 4 is 11.8 Å². The van der Waals surface area contributed by atoms with E-state index in [2.05, 4.69) is 31.1 Å². The third kappa shape index (κ3) is 17.6. The fourth-order valence-electron chi connectivity index (χ4n) is 3.42. The number of rotatable bonds is 5. The van der Waals surface area contributed by atoms with Crippen LogP contribution in [0.1, 0.15) is 64.4 Å². The number of hydrogen-bond donors (Lipinski definition) is 4. The molecule has 2 amide bonds. The van der Waals surface area contributed by atoms with Gasteiger partial charge in [0, 0.05) is 19.3 Å². The van der Waals surface area contributed by atoms with Crippen molar-refractivity contribution in [2.45, 2.75) is 77.8 Å². The minimum absolute atomic E-state index is 0. The van der Waals surface area contributed by atoms with Crippen molar-refractivity contribution in [1.82, 2.24) is 15.5 Å².